The van der Waals surface area contributed by atoms with E-state index in [-0.39, 0.29) is 18.4 Å². The number of benzene rings is 2. The molecule has 0 saturated carbocycles. The van der Waals surface area contributed by atoms with Gasteiger partial charge in [-0.05, 0) is 64.7 Å². The quantitative estimate of drug-likeness (QED) is 0.306. The van der Waals surface area contributed by atoms with Gasteiger partial charge in [0.05, 0.1) is 0 Å². The van der Waals surface area contributed by atoms with Crippen molar-refractivity contribution in [2.45, 2.75) is 92.2 Å². The van der Waals surface area contributed by atoms with Crippen molar-refractivity contribution < 1.29 is 19.1 Å². The summed E-state index contributed by atoms with van der Waals surface area (Å²) < 4.78 is 5.31. The van der Waals surface area contributed by atoms with Crippen LogP contribution in [0.15, 0.2) is 42.5 Å². The first-order valence-corrected chi connectivity index (χ1v) is 13.6. The Balaban J connectivity index is 2.39. The first-order chi connectivity index (χ1) is 17.9. The number of carbonyl (C=O) groups excluding carboxylic acids is 3. The van der Waals surface area contributed by atoms with E-state index in [1.54, 1.807) is 25.7 Å². The maximum atomic E-state index is 13.9. The first kappa shape index (κ1) is 30.9. The Morgan fingerprint density at radius 1 is 0.921 bits per heavy atom. The van der Waals surface area contributed by atoms with Gasteiger partial charge in [-0.2, -0.15) is 0 Å². The number of hydrogen-bond acceptors (Lipinski definition) is 4. The molecule has 1 atom stereocenters. The Morgan fingerprint density at radius 3 is 2.16 bits per heavy atom. The lowest BCUT2D eigenvalue weighted by Crippen LogP contribution is -2.47. The summed E-state index contributed by atoms with van der Waals surface area (Å²) in [5.41, 5.74) is 3.69. The normalized spacial score (nSPS) is 12.0. The van der Waals surface area contributed by atoms with Gasteiger partial charge in [0.1, 0.15) is 18.2 Å². The van der Waals surface area contributed by atoms with Gasteiger partial charge in [-0.1, -0.05) is 80.6 Å². The number of nitrogens with one attached hydrogen (secondary N) is 2. The Bertz CT molecular complexity index is 1070. The molecular formula is C31H45N3O4. The van der Waals surface area contributed by atoms with E-state index >= 15 is 0 Å². The predicted octanol–water partition coefficient (Wildman–Crippen LogP) is 6.62. The van der Waals surface area contributed by atoms with Crippen molar-refractivity contribution in [2.75, 3.05) is 18.4 Å². The Labute approximate surface area is 228 Å². The minimum absolute atomic E-state index is 0.261. The van der Waals surface area contributed by atoms with E-state index in [0.717, 1.165) is 60.0 Å². The summed E-state index contributed by atoms with van der Waals surface area (Å²) in [6.45, 7) is 13.5. The molecule has 0 aliphatic heterocycles. The van der Waals surface area contributed by atoms with Crippen molar-refractivity contribution in [3.63, 3.8) is 0 Å². The van der Waals surface area contributed by atoms with Crippen LogP contribution in [-0.2, 0) is 14.3 Å². The van der Waals surface area contributed by atoms with Crippen LogP contribution in [-0.4, -0.2) is 41.5 Å². The fourth-order valence-electron chi connectivity index (χ4n) is 4.36. The van der Waals surface area contributed by atoms with Crippen molar-refractivity contribution in [1.82, 2.24) is 10.2 Å². The van der Waals surface area contributed by atoms with Crippen LogP contribution in [0.1, 0.15) is 88.1 Å². The maximum Gasteiger partial charge on any atom is 0.408 e. The molecule has 7 nitrogen and oxygen atoms in total. The van der Waals surface area contributed by atoms with Crippen molar-refractivity contribution in [3.05, 3.63) is 64.7 Å². The second kappa shape index (κ2) is 14.6. The SMILES string of the molecule is CCCCCCCN(C(=O)CNC(=O)OC(C)(C)C)C(C(=O)Nc1c(C)cccc1C)c1cccc(C)c1. The molecule has 3 amide bonds. The van der Waals surface area contributed by atoms with Gasteiger partial charge in [0, 0.05) is 12.2 Å². The van der Waals surface area contributed by atoms with Crippen LogP contribution in [0.4, 0.5) is 10.5 Å². The highest BCUT2D eigenvalue weighted by Gasteiger charge is 2.32. The van der Waals surface area contributed by atoms with E-state index in [9.17, 15) is 14.4 Å². The predicted molar refractivity (Wildman–Crippen MR) is 153 cm³/mol. The zero-order valence-corrected chi connectivity index (χ0v) is 24.1. The zero-order valence-electron chi connectivity index (χ0n) is 24.1. The van der Waals surface area contributed by atoms with E-state index in [1.807, 2.05) is 63.2 Å². The molecule has 0 fully saturated rings. The van der Waals surface area contributed by atoms with Crippen molar-refractivity contribution >= 4 is 23.6 Å². The van der Waals surface area contributed by atoms with E-state index in [0.29, 0.717) is 6.54 Å². The number of rotatable bonds is 12. The number of aryl methyl sites for hydroxylation is 3. The minimum Gasteiger partial charge on any atom is -0.444 e. The third kappa shape index (κ3) is 9.84. The van der Waals surface area contributed by atoms with Crippen LogP contribution < -0.4 is 10.6 Å². The van der Waals surface area contributed by atoms with Crippen molar-refractivity contribution in [2.24, 2.45) is 0 Å². The van der Waals surface area contributed by atoms with Gasteiger partial charge in [0.15, 0.2) is 0 Å². The summed E-state index contributed by atoms with van der Waals surface area (Å²) in [7, 11) is 0. The molecule has 38 heavy (non-hydrogen) atoms. The molecule has 2 aromatic carbocycles. The molecule has 0 aliphatic carbocycles. The van der Waals surface area contributed by atoms with E-state index in [4.69, 9.17) is 4.74 Å². The van der Waals surface area contributed by atoms with Crippen LogP contribution >= 0.6 is 0 Å². The molecule has 0 aliphatic rings. The monoisotopic (exact) mass is 523 g/mol. The number of ether oxygens (including phenoxy) is 1. The summed E-state index contributed by atoms with van der Waals surface area (Å²) >= 11 is 0. The molecule has 2 N–H and O–H groups in total. The number of nitrogens with zero attached hydrogens (tertiary/aromatic N) is 1. The van der Waals surface area contributed by atoms with Gasteiger partial charge in [-0.3, -0.25) is 9.59 Å². The molecular weight excluding hydrogens is 478 g/mol. The second-order valence-corrected chi connectivity index (χ2v) is 10.9. The lowest BCUT2D eigenvalue weighted by molar-refractivity contribution is -0.138. The standard InChI is InChI=1S/C31H45N3O4/c1-8-9-10-11-12-19-34(26(35)21-32-30(37)38-31(5,6)7)28(25-18-13-15-22(2)20-25)29(36)33-27-23(3)16-14-17-24(27)4/h13-18,20,28H,8-12,19,21H2,1-7H3,(H,32,37)(H,33,36). The Kier molecular flexibility index (Phi) is 11.8. The molecule has 2 rings (SSSR count). The number of carbonyl (C=O) groups is 3. The Morgan fingerprint density at radius 2 is 1.55 bits per heavy atom. The van der Waals surface area contributed by atoms with Crippen molar-refractivity contribution in [1.29, 1.82) is 0 Å². The van der Waals surface area contributed by atoms with Gasteiger partial charge in [0.2, 0.25) is 5.91 Å². The van der Waals surface area contributed by atoms with Crippen molar-refractivity contribution in [3.8, 4) is 0 Å². The fourth-order valence-corrected chi connectivity index (χ4v) is 4.36. The van der Waals surface area contributed by atoms with E-state index < -0.39 is 17.7 Å². The highest BCUT2D eigenvalue weighted by molar-refractivity contribution is 5.99. The zero-order chi connectivity index (χ0) is 28.3. The van der Waals surface area contributed by atoms with Crippen LogP contribution in [0.25, 0.3) is 0 Å². The number of hydrogen-bond donors (Lipinski definition) is 2. The molecule has 7 heteroatoms. The summed E-state index contributed by atoms with van der Waals surface area (Å²) in [6.07, 6.45) is 4.36. The summed E-state index contributed by atoms with van der Waals surface area (Å²) in [5.74, 6) is -0.623. The van der Waals surface area contributed by atoms with E-state index in [2.05, 4.69) is 17.6 Å². The molecule has 0 aromatic heterocycles. The van der Waals surface area contributed by atoms with Crippen LogP contribution in [0.5, 0.6) is 0 Å². The lowest BCUT2D eigenvalue weighted by Gasteiger charge is -2.32. The second-order valence-electron chi connectivity index (χ2n) is 10.9. The van der Waals surface area contributed by atoms with Gasteiger partial charge in [-0.15, -0.1) is 0 Å². The highest BCUT2D eigenvalue weighted by Crippen LogP contribution is 2.27. The average Bonchev–Trinajstić information content (AvgIpc) is 2.83. The molecule has 0 bridgehead atoms. The molecule has 0 saturated heterocycles. The number of alkyl carbamates (subject to hydrolysis) is 1. The van der Waals surface area contributed by atoms with Crippen LogP contribution in [0.2, 0.25) is 0 Å². The summed E-state index contributed by atoms with van der Waals surface area (Å²) in [6, 6.07) is 12.7. The van der Waals surface area contributed by atoms with Gasteiger partial charge in [-0.25, -0.2) is 4.79 Å². The fraction of sp³-hybridized carbons (Fsp3) is 0.516. The highest BCUT2D eigenvalue weighted by atomic mass is 16.6. The van der Waals surface area contributed by atoms with Gasteiger partial charge < -0.3 is 20.3 Å². The molecule has 208 valence electrons. The molecule has 2 aromatic rings. The van der Waals surface area contributed by atoms with E-state index in [1.165, 1.54) is 0 Å². The van der Waals surface area contributed by atoms with Gasteiger partial charge in [0.25, 0.3) is 5.91 Å². The molecule has 0 heterocycles. The third-order valence-electron chi connectivity index (χ3n) is 6.25. The molecule has 1 unspecified atom stereocenters. The number of unbranched alkanes of at least 4 members (excludes halogenated alkanes) is 4. The topological polar surface area (TPSA) is 87.7 Å². The Hall–Kier alpha value is -3.35. The number of para-hydroxylation sites is 1. The molecule has 0 radical (unpaired) electrons. The minimum atomic E-state index is -0.854. The first-order valence-electron chi connectivity index (χ1n) is 13.6. The largest absolute Gasteiger partial charge is 0.444 e. The summed E-state index contributed by atoms with van der Waals surface area (Å²) in [4.78, 5) is 41.4. The average molecular weight is 524 g/mol. The number of amides is 3. The smallest absolute Gasteiger partial charge is 0.408 e. The van der Waals surface area contributed by atoms with Crippen LogP contribution in [0.3, 0.4) is 0 Å². The number of anilines is 1. The maximum absolute atomic E-state index is 13.9. The van der Waals surface area contributed by atoms with Crippen LogP contribution in [0, 0.1) is 20.8 Å². The third-order valence-corrected chi connectivity index (χ3v) is 6.25. The van der Waals surface area contributed by atoms with Gasteiger partial charge >= 0.3 is 6.09 Å². The lowest BCUT2D eigenvalue weighted by atomic mass is 10.00. The summed E-state index contributed by atoms with van der Waals surface area (Å²) in [5, 5.41) is 5.66. The molecule has 0 spiro atoms.